The molecular formula is C10H7ClN2OS. The Bertz CT molecular complexity index is 492. The smallest absolute Gasteiger partial charge is 0.222 e. The lowest BCUT2D eigenvalue weighted by atomic mass is 10.2. The third kappa shape index (κ3) is 2.22. The molecule has 5 heteroatoms. The molecule has 2 heterocycles. The van der Waals surface area contributed by atoms with Crippen LogP contribution in [0.5, 0.6) is 0 Å². The Labute approximate surface area is 95.8 Å². The summed E-state index contributed by atoms with van der Waals surface area (Å²) in [6.45, 7) is 1.82. The Morgan fingerprint density at radius 1 is 1.33 bits per heavy atom. The molecule has 3 nitrogen and oxygen atoms in total. The first-order chi connectivity index (χ1) is 7.16. The summed E-state index contributed by atoms with van der Waals surface area (Å²) in [4.78, 5) is 20.4. The van der Waals surface area contributed by atoms with Crippen LogP contribution in [0.3, 0.4) is 0 Å². The van der Waals surface area contributed by atoms with Crippen molar-refractivity contribution in [3.63, 3.8) is 0 Å². The number of carbonyl (C=O) groups is 1. The largest absolute Gasteiger partial charge is 0.286 e. The van der Waals surface area contributed by atoms with Crippen LogP contribution in [0.15, 0.2) is 24.5 Å². The molecule has 15 heavy (non-hydrogen) atoms. The van der Waals surface area contributed by atoms with Crippen molar-refractivity contribution >= 4 is 28.7 Å². The number of ketones is 1. The Morgan fingerprint density at radius 2 is 2.13 bits per heavy atom. The zero-order valence-corrected chi connectivity index (χ0v) is 9.47. The lowest BCUT2D eigenvalue weighted by Gasteiger charge is -1.96. The van der Waals surface area contributed by atoms with E-state index < -0.39 is 0 Å². The van der Waals surface area contributed by atoms with E-state index in [9.17, 15) is 4.79 Å². The highest BCUT2D eigenvalue weighted by molar-refractivity contribution is 7.18. The maximum atomic E-state index is 11.8. The van der Waals surface area contributed by atoms with Gasteiger partial charge in [-0.05, 0) is 19.1 Å². The zero-order chi connectivity index (χ0) is 10.8. The van der Waals surface area contributed by atoms with Crippen LogP contribution in [0, 0.1) is 6.92 Å². The van der Waals surface area contributed by atoms with Crippen LogP contribution < -0.4 is 0 Å². The van der Waals surface area contributed by atoms with Crippen LogP contribution in [0.2, 0.25) is 4.34 Å². The fourth-order valence-corrected chi connectivity index (χ4v) is 2.06. The van der Waals surface area contributed by atoms with Gasteiger partial charge >= 0.3 is 0 Å². The molecule has 76 valence electrons. The van der Waals surface area contributed by atoms with Crippen molar-refractivity contribution in [2.45, 2.75) is 6.92 Å². The monoisotopic (exact) mass is 238 g/mol. The molecule has 0 aliphatic heterocycles. The van der Waals surface area contributed by atoms with Crippen molar-refractivity contribution in [1.82, 2.24) is 9.97 Å². The minimum Gasteiger partial charge on any atom is -0.286 e. The molecule has 0 aliphatic carbocycles. The number of thiophene rings is 1. The van der Waals surface area contributed by atoms with E-state index in [1.807, 2.05) is 6.92 Å². The van der Waals surface area contributed by atoms with Crippen LogP contribution >= 0.6 is 22.9 Å². The highest BCUT2D eigenvalue weighted by Crippen LogP contribution is 2.23. The van der Waals surface area contributed by atoms with Gasteiger partial charge in [0.05, 0.1) is 21.1 Å². The number of aromatic nitrogens is 2. The Balaban J connectivity index is 2.32. The van der Waals surface area contributed by atoms with E-state index in [1.165, 1.54) is 17.5 Å². The van der Waals surface area contributed by atoms with Gasteiger partial charge in [-0.3, -0.25) is 9.78 Å². The van der Waals surface area contributed by atoms with Gasteiger partial charge in [0, 0.05) is 6.20 Å². The molecule has 0 spiro atoms. The van der Waals surface area contributed by atoms with Crippen LogP contribution in [-0.2, 0) is 0 Å². The Hall–Kier alpha value is -1.26. The summed E-state index contributed by atoms with van der Waals surface area (Å²) in [7, 11) is 0. The highest BCUT2D eigenvalue weighted by Gasteiger charge is 2.12. The van der Waals surface area contributed by atoms with E-state index in [0.29, 0.717) is 14.9 Å². The van der Waals surface area contributed by atoms with Gasteiger partial charge in [0.25, 0.3) is 0 Å². The van der Waals surface area contributed by atoms with Crippen LogP contribution in [0.25, 0.3) is 0 Å². The first-order valence-electron chi connectivity index (χ1n) is 4.25. The molecule has 0 saturated heterocycles. The van der Waals surface area contributed by atoms with Gasteiger partial charge in [0.15, 0.2) is 0 Å². The second-order valence-corrected chi connectivity index (χ2v) is 4.69. The van der Waals surface area contributed by atoms with Gasteiger partial charge in [-0.15, -0.1) is 11.3 Å². The molecular weight excluding hydrogens is 232 g/mol. The van der Waals surface area contributed by atoms with Gasteiger partial charge < -0.3 is 0 Å². The number of hydrogen-bond donors (Lipinski definition) is 0. The normalized spacial score (nSPS) is 10.3. The van der Waals surface area contributed by atoms with Gasteiger partial charge in [-0.25, -0.2) is 4.98 Å². The molecule has 0 aromatic carbocycles. The minimum atomic E-state index is -0.139. The number of aryl methyl sites for hydroxylation is 1. The van der Waals surface area contributed by atoms with Crippen molar-refractivity contribution in [1.29, 1.82) is 0 Å². The lowest BCUT2D eigenvalue weighted by molar-refractivity contribution is 0.103. The second kappa shape index (κ2) is 4.08. The van der Waals surface area contributed by atoms with E-state index in [1.54, 1.807) is 18.3 Å². The van der Waals surface area contributed by atoms with Crippen molar-refractivity contribution in [2.24, 2.45) is 0 Å². The number of carbonyl (C=O) groups excluding carboxylic acids is 1. The Kier molecular flexibility index (Phi) is 2.79. The van der Waals surface area contributed by atoms with Crippen molar-refractivity contribution in [2.75, 3.05) is 0 Å². The molecule has 2 aromatic rings. The summed E-state index contributed by atoms with van der Waals surface area (Å²) in [6, 6.07) is 3.39. The average Bonchev–Trinajstić information content (AvgIpc) is 2.65. The van der Waals surface area contributed by atoms with E-state index in [2.05, 4.69) is 9.97 Å². The summed E-state index contributed by atoms with van der Waals surface area (Å²) in [5.74, 6) is -0.139. The first-order valence-corrected chi connectivity index (χ1v) is 5.45. The number of rotatable bonds is 2. The first kappa shape index (κ1) is 10.3. The van der Waals surface area contributed by atoms with Crippen LogP contribution in [-0.4, -0.2) is 15.8 Å². The molecule has 0 bridgehead atoms. The SMILES string of the molecule is Cc1cnc(C(=O)c2ccc(Cl)s2)cn1. The molecule has 0 atom stereocenters. The number of hydrogen-bond acceptors (Lipinski definition) is 4. The van der Waals surface area contributed by atoms with Crippen LogP contribution in [0.1, 0.15) is 21.1 Å². The molecule has 0 unspecified atom stereocenters. The third-order valence-corrected chi connectivity index (χ3v) is 3.04. The number of nitrogens with zero attached hydrogens (tertiary/aromatic N) is 2. The van der Waals surface area contributed by atoms with Crippen molar-refractivity contribution in [3.05, 3.63) is 45.1 Å². The summed E-state index contributed by atoms with van der Waals surface area (Å²) < 4.78 is 0.596. The van der Waals surface area contributed by atoms with Crippen molar-refractivity contribution < 1.29 is 4.79 Å². The lowest BCUT2D eigenvalue weighted by Crippen LogP contribution is -2.02. The highest BCUT2D eigenvalue weighted by atomic mass is 35.5. The van der Waals surface area contributed by atoms with E-state index in [4.69, 9.17) is 11.6 Å². The van der Waals surface area contributed by atoms with E-state index in [0.717, 1.165) is 5.69 Å². The zero-order valence-electron chi connectivity index (χ0n) is 7.90. The predicted octanol–water partition coefficient (Wildman–Crippen LogP) is 2.73. The molecule has 0 fully saturated rings. The van der Waals surface area contributed by atoms with Gasteiger partial charge in [0.1, 0.15) is 5.69 Å². The Morgan fingerprint density at radius 3 is 2.67 bits per heavy atom. The molecule has 0 amide bonds. The molecule has 0 radical (unpaired) electrons. The standard InChI is InChI=1S/C10H7ClN2OS/c1-6-4-13-7(5-12-6)10(14)8-2-3-9(11)15-8/h2-5H,1H3. The summed E-state index contributed by atoms with van der Waals surface area (Å²) in [6.07, 6.45) is 3.05. The van der Waals surface area contributed by atoms with Gasteiger partial charge in [-0.1, -0.05) is 11.6 Å². The summed E-state index contributed by atoms with van der Waals surface area (Å²) in [5.41, 5.74) is 1.13. The van der Waals surface area contributed by atoms with Gasteiger partial charge in [0.2, 0.25) is 5.78 Å². The van der Waals surface area contributed by atoms with Crippen LogP contribution in [0.4, 0.5) is 0 Å². The number of halogens is 1. The average molecular weight is 239 g/mol. The molecule has 2 aromatic heterocycles. The van der Waals surface area contributed by atoms with Crippen molar-refractivity contribution in [3.8, 4) is 0 Å². The van der Waals surface area contributed by atoms with E-state index in [-0.39, 0.29) is 5.78 Å². The minimum absolute atomic E-state index is 0.139. The topological polar surface area (TPSA) is 42.9 Å². The van der Waals surface area contributed by atoms with Gasteiger partial charge in [-0.2, -0.15) is 0 Å². The molecule has 0 N–H and O–H groups in total. The fourth-order valence-electron chi connectivity index (χ4n) is 1.07. The quantitative estimate of drug-likeness (QED) is 0.756. The molecule has 0 saturated carbocycles. The van der Waals surface area contributed by atoms with E-state index >= 15 is 0 Å². The maximum absolute atomic E-state index is 11.8. The third-order valence-electron chi connectivity index (χ3n) is 1.81. The molecule has 0 aliphatic rings. The molecule has 2 rings (SSSR count). The summed E-state index contributed by atoms with van der Waals surface area (Å²) in [5, 5.41) is 0. The summed E-state index contributed by atoms with van der Waals surface area (Å²) >= 11 is 6.99. The second-order valence-electron chi connectivity index (χ2n) is 2.98. The fraction of sp³-hybridized carbons (Fsp3) is 0.100. The maximum Gasteiger partial charge on any atom is 0.222 e. The predicted molar refractivity (Wildman–Crippen MR) is 59.5 cm³/mol.